The van der Waals surface area contributed by atoms with Gasteiger partial charge in [0.2, 0.25) is 0 Å². The molecule has 1 saturated heterocycles. The Balaban J connectivity index is 1.33. The first-order valence-electron chi connectivity index (χ1n) is 10.3. The number of anilines is 1. The Morgan fingerprint density at radius 1 is 1.00 bits per heavy atom. The van der Waals surface area contributed by atoms with Crippen LogP contribution in [0.1, 0.15) is 41.1 Å². The predicted molar refractivity (Wildman–Crippen MR) is 125 cm³/mol. The van der Waals surface area contributed by atoms with Gasteiger partial charge in [-0.2, -0.15) is 0 Å². The quantitative estimate of drug-likeness (QED) is 0.282. The van der Waals surface area contributed by atoms with Crippen LogP contribution in [0.2, 0.25) is 10.0 Å². The van der Waals surface area contributed by atoms with E-state index in [1.54, 1.807) is 36.4 Å². The first kappa shape index (κ1) is 21.5. The molecule has 4 nitrogen and oxygen atoms in total. The first-order valence-corrected chi connectivity index (χ1v) is 11.1. The van der Waals surface area contributed by atoms with Crippen LogP contribution in [-0.4, -0.2) is 18.9 Å². The van der Waals surface area contributed by atoms with Gasteiger partial charge in [0.15, 0.2) is 5.78 Å². The third-order valence-electron chi connectivity index (χ3n) is 5.22. The minimum Gasteiger partial charge on any atom is -0.484 e. The summed E-state index contributed by atoms with van der Waals surface area (Å²) in [5.74, 6) is 1.62. The highest BCUT2D eigenvalue weighted by Gasteiger charge is 2.11. The molecular weight excluding hydrogens is 433 g/mol. The number of halogens is 2. The fourth-order valence-corrected chi connectivity index (χ4v) is 3.88. The number of hydrogen-bond donors (Lipinski definition) is 0. The van der Waals surface area contributed by atoms with E-state index >= 15 is 0 Å². The van der Waals surface area contributed by atoms with Gasteiger partial charge < -0.3 is 14.1 Å². The van der Waals surface area contributed by atoms with Gasteiger partial charge in [-0.05, 0) is 79.9 Å². The standard InChI is InChI=1S/C25H23Cl2NO3/c26-19-6-12-23(27)25(16-19)30-17-22-10-9-21(31-22)11-13-24(29)18-4-7-20(8-5-18)28-14-2-1-3-15-28/h4-13,16H,1-3,14-15,17H2/b13-11+. The number of ketones is 1. The van der Waals surface area contributed by atoms with Crippen molar-refractivity contribution in [2.45, 2.75) is 25.9 Å². The molecule has 1 fully saturated rings. The van der Waals surface area contributed by atoms with Gasteiger partial charge in [0.25, 0.3) is 0 Å². The van der Waals surface area contributed by atoms with Gasteiger partial charge in [0, 0.05) is 35.4 Å². The molecule has 2 aromatic carbocycles. The molecule has 0 spiro atoms. The van der Waals surface area contributed by atoms with E-state index in [-0.39, 0.29) is 12.4 Å². The average molecular weight is 456 g/mol. The number of piperidine rings is 1. The normalized spacial score (nSPS) is 14.2. The minimum absolute atomic E-state index is 0.0647. The van der Waals surface area contributed by atoms with Gasteiger partial charge in [0.1, 0.15) is 23.9 Å². The number of carbonyl (C=O) groups excluding carboxylic acids is 1. The number of benzene rings is 2. The van der Waals surface area contributed by atoms with Gasteiger partial charge in [0.05, 0.1) is 5.02 Å². The molecule has 6 heteroatoms. The van der Waals surface area contributed by atoms with Crippen LogP contribution in [0.15, 0.2) is 65.1 Å². The highest BCUT2D eigenvalue weighted by Crippen LogP contribution is 2.28. The highest BCUT2D eigenvalue weighted by molar-refractivity contribution is 6.34. The Labute approximate surface area is 192 Å². The fourth-order valence-electron chi connectivity index (χ4n) is 3.54. The molecule has 0 saturated carbocycles. The van der Waals surface area contributed by atoms with Crippen LogP contribution in [-0.2, 0) is 6.61 Å². The summed E-state index contributed by atoms with van der Waals surface area (Å²) in [5, 5.41) is 1.03. The molecular formula is C25H23Cl2NO3. The van der Waals surface area contributed by atoms with Crippen molar-refractivity contribution < 1.29 is 13.9 Å². The molecule has 0 atom stereocenters. The molecule has 160 valence electrons. The second-order valence-corrected chi connectivity index (χ2v) is 8.30. The maximum absolute atomic E-state index is 12.5. The predicted octanol–water partition coefficient (Wildman–Crippen LogP) is 7.05. The maximum atomic E-state index is 12.5. The van der Waals surface area contributed by atoms with Crippen molar-refractivity contribution in [3.8, 4) is 5.75 Å². The van der Waals surface area contributed by atoms with Crippen molar-refractivity contribution in [3.63, 3.8) is 0 Å². The maximum Gasteiger partial charge on any atom is 0.185 e. The van der Waals surface area contributed by atoms with Crippen molar-refractivity contribution in [3.05, 3.63) is 87.8 Å². The van der Waals surface area contributed by atoms with E-state index in [1.807, 2.05) is 24.3 Å². The molecule has 0 aliphatic carbocycles. The zero-order valence-corrected chi connectivity index (χ0v) is 18.5. The number of ether oxygens (including phenoxy) is 1. The lowest BCUT2D eigenvalue weighted by atomic mass is 10.1. The molecule has 0 radical (unpaired) electrons. The van der Waals surface area contributed by atoms with Crippen LogP contribution < -0.4 is 9.64 Å². The SMILES string of the molecule is O=C(/C=C/c1ccc(COc2cc(Cl)ccc2Cl)o1)c1ccc(N2CCCCC2)cc1. The van der Waals surface area contributed by atoms with Gasteiger partial charge in [-0.25, -0.2) is 0 Å². The van der Waals surface area contributed by atoms with Crippen molar-refractivity contribution in [2.24, 2.45) is 0 Å². The highest BCUT2D eigenvalue weighted by atomic mass is 35.5. The van der Waals surface area contributed by atoms with Crippen molar-refractivity contribution in [2.75, 3.05) is 18.0 Å². The summed E-state index contributed by atoms with van der Waals surface area (Å²) < 4.78 is 11.4. The monoisotopic (exact) mass is 455 g/mol. The third-order valence-corrected chi connectivity index (χ3v) is 5.76. The van der Waals surface area contributed by atoms with E-state index in [0.29, 0.717) is 32.9 Å². The lowest BCUT2D eigenvalue weighted by molar-refractivity contribution is 0.104. The van der Waals surface area contributed by atoms with E-state index in [0.717, 1.165) is 13.1 Å². The second kappa shape index (κ2) is 10.1. The zero-order valence-electron chi connectivity index (χ0n) is 17.0. The van der Waals surface area contributed by atoms with E-state index in [2.05, 4.69) is 4.90 Å². The van der Waals surface area contributed by atoms with E-state index < -0.39 is 0 Å². The van der Waals surface area contributed by atoms with Crippen LogP contribution in [0.4, 0.5) is 5.69 Å². The number of rotatable bonds is 7. The molecule has 2 heterocycles. The molecule has 0 amide bonds. The molecule has 0 N–H and O–H groups in total. The summed E-state index contributed by atoms with van der Waals surface area (Å²) in [5.41, 5.74) is 1.83. The summed E-state index contributed by atoms with van der Waals surface area (Å²) in [7, 11) is 0. The topological polar surface area (TPSA) is 42.7 Å². The lowest BCUT2D eigenvalue weighted by Crippen LogP contribution is -2.29. The molecule has 1 aliphatic rings. The third kappa shape index (κ3) is 5.72. The van der Waals surface area contributed by atoms with Gasteiger partial charge in [-0.1, -0.05) is 23.2 Å². The number of hydrogen-bond acceptors (Lipinski definition) is 4. The molecule has 0 bridgehead atoms. The Morgan fingerprint density at radius 3 is 2.55 bits per heavy atom. The smallest absolute Gasteiger partial charge is 0.185 e. The van der Waals surface area contributed by atoms with Gasteiger partial charge in [-0.15, -0.1) is 0 Å². The Bertz CT molecular complexity index is 1070. The van der Waals surface area contributed by atoms with Crippen molar-refractivity contribution >= 4 is 40.7 Å². The van der Waals surface area contributed by atoms with Gasteiger partial charge in [-0.3, -0.25) is 4.79 Å². The number of allylic oxidation sites excluding steroid dienone is 1. The van der Waals surface area contributed by atoms with Crippen LogP contribution in [0, 0.1) is 0 Å². The Kier molecular flexibility index (Phi) is 7.00. The summed E-state index contributed by atoms with van der Waals surface area (Å²) in [6.45, 7) is 2.38. The summed E-state index contributed by atoms with van der Waals surface area (Å²) >= 11 is 12.1. The molecule has 0 unspecified atom stereocenters. The Morgan fingerprint density at radius 2 is 1.77 bits per heavy atom. The largest absolute Gasteiger partial charge is 0.484 e. The van der Waals surface area contributed by atoms with Crippen LogP contribution >= 0.6 is 23.2 Å². The fraction of sp³-hybridized carbons (Fsp3) is 0.240. The zero-order chi connectivity index (χ0) is 21.6. The average Bonchev–Trinajstić information content (AvgIpc) is 3.26. The van der Waals surface area contributed by atoms with E-state index in [9.17, 15) is 4.79 Å². The van der Waals surface area contributed by atoms with E-state index in [4.69, 9.17) is 32.4 Å². The van der Waals surface area contributed by atoms with Crippen LogP contribution in [0.5, 0.6) is 5.75 Å². The first-order chi connectivity index (χ1) is 15.1. The second-order valence-electron chi connectivity index (χ2n) is 7.46. The molecule has 1 aliphatic heterocycles. The molecule has 1 aromatic heterocycles. The number of nitrogens with zero attached hydrogens (tertiary/aromatic N) is 1. The van der Waals surface area contributed by atoms with Crippen molar-refractivity contribution in [1.82, 2.24) is 0 Å². The molecule has 4 rings (SSSR count). The molecule has 31 heavy (non-hydrogen) atoms. The minimum atomic E-state index is -0.0647. The van der Waals surface area contributed by atoms with Gasteiger partial charge >= 0.3 is 0 Å². The van der Waals surface area contributed by atoms with E-state index in [1.165, 1.54) is 31.0 Å². The number of carbonyl (C=O) groups is 1. The Hall–Kier alpha value is -2.69. The van der Waals surface area contributed by atoms with Crippen LogP contribution in [0.25, 0.3) is 6.08 Å². The van der Waals surface area contributed by atoms with Crippen LogP contribution in [0.3, 0.4) is 0 Å². The summed E-state index contributed by atoms with van der Waals surface area (Å²) in [6, 6.07) is 16.4. The molecule has 3 aromatic rings. The van der Waals surface area contributed by atoms with Crippen molar-refractivity contribution in [1.29, 1.82) is 0 Å². The number of furan rings is 1. The summed E-state index contributed by atoms with van der Waals surface area (Å²) in [4.78, 5) is 14.9. The lowest BCUT2D eigenvalue weighted by Gasteiger charge is -2.28. The summed E-state index contributed by atoms with van der Waals surface area (Å²) in [6.07, 6.45) is 6.94.